The summed E-state index contributed by atoms with van der Waals surface area (Å²) in [5, 5.41) is 3.26. The lowest BCUT2D eigenvalue weighted by atomic mass is 9.98. The van der Waals surface area contributed by atoms with Crippen LogP contribution in [-0.2, 0) is 0 Å². The molecule has 0 aromatic heterocycles. The summed E-state index contributed by atoms with van der Waals surface area (Å²) >= 11 is 0. The minimum atomic E-state index is 0.645. The van der Waals surface area contributed by atoms with E-state index in [1.165, 1.54) is 6.42 Å². The van der Waals surface area contributed by atoms with Gasteiger partial charge in [0.05, 0.1) is 0 Å². The highest BCUT2D eigenvalue weighted by Gasteiger charge is 2.20. The van der Waals surface area contributed by atoms with E-state index in [0.29, 0.717) is 18.0 Å². The SMILES string of the molecule is CNCC(C)C(C)N(C)C(C)CC(C)C. The van der Waals surface area contributed by atoms with Crippen molar-refractivity contribution < 1.29 is 0 Å². The molecule has 0 aromatic carbocycles. The maximum absolute atomic E-state index is 3.26. The van der Waals surface area contributed by atoms with Crippen LogP contribution >= 0.6 is 0 Å². The molecule has 0 amide bonds. The summed E-state index contributed by atoms with van der Waals surface area (Å²) in [7, 11) is 4.28. The molecule has 3 atom stereocenters. The molecule has 0 bridgehead atoms. The van der Waals surface area contributed by atoms with Gasteiger partial charge in [-0.05, 0) is 52.7 Å². The normalized spacial score (nSPS) is 18.2. The number of nitrogens with zero attached hydrogens (tertiary/aromatic N) is 1. The van der Waals surface area contributed by atoms with E-state index < -0.39 is 0 Å². The zero-order chi connectivity index (χ0) is 12.0. The van der Waals surface area contributed by atoms with Gasteiger partial charge in [0.2, 0.25) is 0 Å². The summed E-state index contributed by atoms with van der Waals surface area (Å²) in [5.41, 5.74) is 0. The van der Waals surface area contributed by atoms with Crippen LogP contribution in [0, 0.1) is 11.8 Å². The number of hydrogen-bond acceptors (Lipinski definition) is 2. The van der Waals surface area contributed by atoms with Crippen molar-refractivity contribution in [3.8, 4) is 0 Å². The van der Waals surface area contributed by atoms with Crippen molar-refractivity contribution in [1.82, 2.24) is 10.2 Å². The van der Waals surface area contributed by atoms with Crippen molar-refractivity contribution >= 4 is 0 Å². The molecule has 3 unspecified atom stereocenters. The molecule has 0 aromatic rings. The van der Waals surface area contributed by atoms with Crippen molar-refractivity contribution in [1.29, 1.82) is 0 Å². The molecule has 0 fully saturated rings. The predicted molar refractivity (Wildman–Crippen MR) is 69.2 cm³/mol. The molecular weight excluding hydrogens is 184 g/mol. The van der Waals surface area contributed by atoms with Crippen LogP contribution < -0.4 is 5.32 Å². The van der Waals surface area contributed by atoms with Crippen LogP contribution in [0.3, 0.4) is 0 Å². The number of hydrogen-bond donors (Lipinski definition) is 1. The molecule has 2 nitrogen and oxygen atoms in total. The summed E-state index contributed by atoms with van der Waals surface area (Å²) in [6, 6.07) is 1.32. The summed E-state index contributed by atoms with van der Waals surface area (Å²) < 4.78 is 0. The highest BCUT2D eigenvalue weighted by molar-refractivity contribution is 4.76. The second-order valence-corrected chi connectivity index (χ2v) is 5.42. The van der Waals surface area contributed by atoms with Gasteiger partial charge in [0.25, 0.3) is 0 Å². The van der Waals surface area contributed by atoms with Gasteiger partial charge in [0, 0.05) is 12.1 Å². The molecule has 0 heterocycles. The first-order valence-electron chi connectivity index (χ1n) is 6.26. The zero-order valence-corrected chi connectivity index (χ0v) is 11.7. The maximum atomic E-state index is 3.26. The lowest BCUT2D eigenvalue weighted by Crippen LogP contribution is -2.43. The van der Waals surface area contributed by atoms with Gasteiger partial charge in [-0.15, -0.1) is 0 Å². The Morgan fingerprint density at radius 3 is 2.00 bits per heavy atom. The minimum Gasteiger partial charge on any atom is -0.319 e. The van der Waals surface area contributed by atoms with E-state index >= 15 is 0 Å². The van der Waals surface area contributed by atoms with E-state index in [1.54, 1.807) is 0 Å². The number of nitrogens with one attached hydrogen (secondary N) is 1. The van der Waals surface area contributed by atoms with Crippen LogP contribution in [0.25, 0.3) is 0 Å². The molecule has 0 saturated carbocycles. The third kappa shape index (κ3) is 5.53. The summed E-state index contributed by atoms with van der Waals surface area (Å²) in [6.07, 6.45) is 1.28. The first-order valence-corrected chi connectivity index (χ1v) is 6.26. The van der Waals surface area contributed by atoms with E-state index in [4.69, 9.17) is 0 Å². The molecule has 0 aliphatic heterocycles. The molecule has 2 heteroatoms. The van der Waals surface area contributed by atoms with Gasteiger partial charge in [-0.2, -0.15) is 0 Å². The first-order chi connectivity index (χ1) is 6.90. The highest BCUT2D eigenvalue weighted by Crippen LogP contribution is 2.16. The molecule has 1 N–H and O–H groups in total. The molecule has 0 aliphatic carbocycles. The molecule has 0 saturated heterocycles. The molecular formula is C13H30N2. The summed E-state index contributed by atoms with van der Waals surface area (Å²) in [6.45, 7) is 12.7. The quantitative estimate of drug-likeness (QED) is 0.701. The zero-order valence-electron chi connectivity index (χ0n) is 11.7. The van der Waals surface area contributed by atoms with Gasteiger partial charge >= 0.3 is 0 Å². The van der Waals surface area contributed by atoms with Crippen LogP contribution in [0.4, 0.5) is 0 Å². The Morgan fingerprint density at radius 1 is 1.07 bits per heavy atom. The third-order valence-electron chi connectivity index (χ3n) is 3.50. The number of rotatable bonds is 7. The largest absolute Gasteiger partial charge is 0.319 e. The second kappa shape index (κ2) is 7.24. The van der Waals surface area contributed by atoms with Gasteiger partial charge in [-0.25, -0.2) is 0 Å². The minimum absolute atomic E-state index is 0.645. The Labute approximate surface area is 96.4 Å². The molecule has 0 spiro atoms. The molecule has 0 aliphatic rings. The van der Waals surface area contributed by atoms with Gasteiger partial charge in [-0.1, -0.05) is 20.8 Å². The van der Waals surface area contributed by atoms with E-state index in [-0.39, 0.29) is 0 Å². The third-order valence-corrected chi connectivity index (χ3v) is 3.50. The smallest absolute Gasteiger partial charge is 0.0104 e. The topological polar surface area (TPSA) is 15.3 Å². The Kier molecular flexibility index (Phi) is 7.20. The highest BCUT2D eigenvalue weighted by atomic mass is 15.2. The van der Waals surface area contributed by atoms with Gasteiger partial charge < -0.3 is 10.2 Å². The fraction of sp³-hybridized carbons (Fsp3) is 1.00. The fourth-order valence-electron chi connectivity index (χ4n) is 2.14. The Balaban J connectivity index is 4.11. The van der Waals surface area contributed by atoms with E-state index in [9.17, 15) is 0 Å². The van der Waals surface area contributed by atoms with Gasteiger partial charge in [-0.3, -0.25) is 0 Å². The predicted octanol–water partition coefficient (Wildman–Crippen LogP) is 2.60. The van der Waals surface area contributed by atoms with Crippen LogP contribution in [0.2, 0.25) is 0 Å². The van der Waals surface area contributed by atoms with Crippen LogP contribution in [0.1, 0.15) is 41.0 Å². The fourth-order valence-corrected chi connectivity index (χ4v) is 2.14. The van der Waals surface area contributed by atoms with Crippen LogP contribution in [-0.4, -0.2) is 37.6 Å². The average Bonchev–Trinajstić information content (AvgIpc) is 2.14. The van der Waals surface area contributed by atoms with Gasteiger partial charge in [0.15, 0.2) is 0 Å². The first kappa shape index (κ1) is 14.9. The summed E-state index contributed by atoms with van der Waals surface area (Å²) in [5.74, 6) is 1.49. The summed E-state index contributed by atoms with van der Waals surface area (Å²) in [4.78, 5) is 2.52. The molecule has 0 rings (SSSR count). The Morgan fingerprint density at radius 2 is 1.60 bits per heavy atom. The van der Waals surface area contributed by atoms with E-state index in [1.807, 2.05) is 7.05 Å². The van der Waals surface area contributed by atoms with Crippen molar-refractivity contribution in [3.63, 3.8) is 0 Å². The van der Waals surface area contributed by atoms with E-state index in [2.05, 4.69) is 51.9 Å². The van der Waals surface area contributed by atoms with E-state index in [0.717, 1.165) is 12.5 Å². The lowest BCUT2D eigenvalue weighted by Gasteiger charge is -2.35. The molecule has 92 valence electrons. The van der Waals surface area contributed by atoms with Crippen molar-refractivity contribution in [2.75, 3.05) is 20.6 Å². The monoisotopic (exact) mass is 214 g/mol. The average molecular weight is 214 g/mol. The Bertz CT molecular complexity index is 157. The van der Waals surface area contributed by atoms with Crippen LogP contribution in [0.15, 0.2) is 0 Å². The molecule has 0 radical (unpaired) electrons. The van der Waals surface area contributed by atoms with Crippen molar-refractivity contribution in [2.24, 2.45) is 11.8 Å². The molecule has 15 heavy (non-hydrogen) atoms. The lowest BCUT2D eigenvalue weighted by molar-refractivity contribution is 0.136. The second-order valence-electron chi connectivity index (χ2n) is 5.42. The van der Waals surface area contributed by atoms with Crippen molar-refractivity contribution in [2.45, 2.75) is 53.1 Å². The Hall–Kier alpha value is -0.0800. The maximum Gasteiger partial charge on any atom is 0.0104 e. The van der Waals surface area contributed by atoms with Crippen molar-refractivity contribution in [3.05, 3.63) is 0 Å². The standard InChI is InChI=1S/C13H30N2/c1-10(2)8-12(4)15(7)13(5)11(3)9-14-6/h10-14H,8-9H2,1-7H3. The van der Waals surface area contributed by atoms with Crippen LogP contribution in [0.5, 0.6) is 0 Å². The van der Waals surface area contributed by atoms with Gasteiger partial charge in [0.1, 0.15) is 0 Å².